The number of nitrogens with one attached hydrogen (secondary N) is 3. The van der Waals surface area contributed by atoms with Crippen molar-refractivity contribution in [2.75, 3.05) is 82.6 Å². The van der Waals surface area contributed by atoms with E-state index in [-0.39, 0.29) is 86.8 Å². The molecule has 8 amide bonds. The van der Waals surface area contributed by atoms with Gasteiger partial charge in [-0.05, 0) is 111 Å². The molecule has 4 aromatic carbocycles. The molecule has 2 aliphatic rings. The molecule has 0 saturated heterocycles. The Hall–Kier alpha value is -9.15. The number of carbonyl (C=O) groups excluding carboxylic acids is 8. The van der Waals surface area contributed by atoms with Crippen molar-refractivity contribution in [1.29, 1.82) is 0 Å². The van der Waals surface area contributed by atoms with Crippen LogP contribution in [0.2, 0.25) is 0 Å². The lowest BCUT2D eigenvalue weighted by Crippen LogP contribution is -2.51. The van der Waals surface area contributed by atoms with Crippen LogP contribution in [-0.4, -0.2) is 161 Å². The van der Waals surface area contributed by atoms with Crippen LogP contribution < -0.4 is 25.6 Å². The van der Waals surface area contributed by atoms with E-state index in [1.807, 2.05) is 64.9 Å². The second-order valence-corrected chi connectivity index (χ2v) is 20.8. The Morgan fingerprint density at radius 1 is 0.805 bits per heavy atom. The summed E-state index contributed by atoms with van der Waals surface area (Å²) in [5, 5.41) is 19.6. The molecule has 6 aromatic rings. The number of aromatic nitrogens is 2. The lowest BCUT2D eigenvalue weighted by atomic mass is 9.90. The number of carbonyl (C=O) groups is 8. The van der Waals surface area contributed by atoms with Crippen LogP contribution in [-0.2, 0) is 35.3 Å². The molecule has 430 valence electrons. The fourth-order valence-electron chi connectivity index (χ4n) is 10.0. The second kappa shape index (κ2) is 26.0. The van der Waals surface area contributed by atoms with Crippen molar-refractivity contribution in [2.24, 2.45) is 5.92 Å². The quantitative estimate of drug-likeness (QED) is 0.0397. The second-order valence-electron chi connectivity index (χ2n) is 20.8. The highest BCUT2D eigenvalue weighted by Gasteiger charge is 2.37. The third kappa shape index (κ3) is 13.7. The normalized spacial score (nSPS) is 14.5. The van der Waals surface area contributed by atoms with E-state index < -0.39 is 47.9 Å². The first-order valence-corrected chi connectivity index (χ1v) is 27.0. The number of aryl methyl sites for hydroxylation is 1. The van der Waals surface area contributed by atoms with Crippen LogP contribution >= 0.6 is 0 Å². The number of imidazole rings is 1. The van der Waals surface area contributed by atoms with E-state index in [0.29, 0.717) is 52.2 Å². The predicted molar refractivity (Wildman–Crippen MR) is 307 cm³/mol. The minimum Gasteiger partial charge on any atom is -0.508 e. The van der Waals surface area contributed by atoms with Gasteiger partial charge in [0, 0.05) is 86.4 Å². The molecule has 4 heterocycles. The van der Waals surface area contributed by atoms with E-state index in [0.717, 1.165) is 21.4 Å². The maximum atomic E-state index is 14.7. The summed E-state index contributed by atoms with van der Waals surface area (Å²) in [6.45, 7) is 9.61. The molecule has 0 radical (unpaired) electrons. The number of ether oxygens (including phenoxy) is 3. The standard InChI is InChI=1S/C60H68N10O12/c1-9-40-32-70(58(77)46-34-68-33-43(19-22-49(68)64-46)63-56(75)41-15-20-44(71)21-16-41)47-31-48(45-12-10-11-37(4)52(45)53(40)47)82-60(79)67(27-29-80-30-28-69-50(72)23-24-51(69)73)26-25-66(8)59(78)81-35-39-13-17-42(18-14-39)62-55(74)38(5)61-57(76)54(36(2)3)65(6)7/h10-24,31,33-34,36,38,40,54,71H,9,25-30,32,35H2,1-8H3,(H,61,76)(H,62,74)(H,63,75)/t38-,40+,54-/m0/s1. The number of imide groups is 1. The number of phenolic OH excluding ortho intramolecular Hbond substituents is 1. The van der Waals surface area contributed by atoms with Crippen LogP contribution in [0.1, 0.15) is 77.6 Å². The summed E-state index contributed by atoms with van der Waals surface area (Å²) in [4.78, 5) is 117. The molecule has 0 fully saturated rings. The molecular formula is C60H68N10O12. The van der Waals surface area contributed by atoms with Gasteiger partial charge in [0.2, 0.25) is 11.8 Å². The fourth-order valence-corrected chi connectivity index (χ4v) is 10.0. The zero-order valence-electron chi connectivity index (χ0n) is 47.1. The fraction of sp³-hybridized carbons (Fsp3) is 0.350. The van der Waals surface area contributed by atoms with Crippen molar-refractivity contribution in [3.63, 3.8) is 0 Å². The first-order valence-electron chi connectivity index (χ1n) is 27.0. The van der Waals surface area contributed by atoms with E-state index in [2.05, 4.69) is 20.9 Å². The van der Waals surface area contributed by atoms with Gasteiger partial charge >= 0.3 is 12.2 Å². The van der Waals surface area contributed by atoms with E-state index in [9.17, 15) is 43.5 Å². The maximum absolute atomic E-state index is 14.7. The van der Waals surface area contributed by atoms with Crippen molar-refractivity contribution in [2.45, 2.75) is 65.6 Å². The highest BCUT2D eigenvalue weighted by Crippen LogP contribution is 2.48. The number of anilines is 3. The van der Waals surface area contributed by atoms with Gasteiger partial charge < -0.3 is 54.4 Å². The van der Waals surface area contributed by atoms with Gasteiger partial charge in [-0.25, -0.2) is 14.6 Å². The number of likely N-dealkylation sites (N-methyl/N-ethyl adjacent to an activating group) is 2. The molecule has 4 N–H and O–H groups in total. The Morgan fingerprint density at radius 3 is 2.20 bits per heavy atom. The van der Waals surface area contributed by atoms with Crippen molar-refractivity contribution in [3.05, 3.63) is 137 Å². The summed E-state index contributed by atoms with van der Waals surface area (Å²) in [5.74, 6) is -2.16. The minimum atomic E-state index is -0.802. The van der Waals surface area contributed by atoms with Crippen LogP contribution in [0.15, 0.2) is 109 Å². The van der Waals surface area contributed by atoms with E-state index >= 15 is 0 Å². The minimum absolute atomic E-state index is 0.000844. The largest absolute Gasteiger partial charge is 0.508 e. The number of nitrogens with zero attached hydrogens (tertiary/aromatic N) is 7. The highest BCUT2D eigenvalue weighted by molar-refractivity contribution is 6.13. The van der Waals surface area contributed by atoms with Gasteiger partial charge in [0.05, 0.1) is 37.2 Å². The SMILES string of the molecule is CC[C@@H]1CN(C(=O)c2cn3cc(NC(=O)c4ccc(O)cc4)ccc3n2)c2cc(OC(=O)N(CCOCCN3C(=O)C=CC3=O)CCN(C)C(=O)OCc3ccc(NC(=O)[C@H](C)NC(=O)[C@H](C(C)C)N(C)C)cc3)c3cccc(C)c3c21. The number of hydrogen-bond donors (Lipinski definition) is 4. The van der Waals surface area contributed by atoms with Crippen molar-refractivity contribution in [1.82, 2.24) is 34.3 Å². The Morgan fingerprint density at radius 2 is 1.51 bits per heavy atom. The monoisotopic (exact) mass is 1120 g/mol. The summed E-state index contributed by atoms with van der Waals surface area (Å²) in [5.41, 5.74) is 4.89. The average molecular weight is 1120 g/mol. The summed E-state index contributed by atoms with van der Waals surface area (Å²) in [7, 11) is 5.14. The molecule has 0 spiro atoms. The molecule has 0 aliphatic carbocycles. The summed E-state index contributed by atoms with van der Waals surface area (Å²) in [6, 6.07) is 22.1. The molecule has 22 heteroatoms. The van der Waals surface area contributed by atoms with Gasteiger partial charge in [0.25, 0.3) is 23.6 Å². The summed E-state index contributed by atoms with van der Waals surface area (Å²) in [6.07, 6.45) is 4.84. The number of benzene rings is 4. The van der Waals surface area contributed by atoms with Crippen LogP contribution in [0, 0.1) is 12.8 Å². The topological polar surface area (TPSA) is 254 Å². The number of aromatic hydroxyl groups is 1. The van der Waals surface area contributed by atoms with Gasteiger partial charge in [-0.3, -0.25) is 38.6 Å². The summed E-state index contributed by atoms with van der Waals surface area (Å²) >= 11 is 0. The third-order valence-electron chi connectivity index (χ3n) is 14.4. The molecular weight excluding hydrogens is 1050 g/mol. The molecule has 8 rings (SSSR count). The Labute approximate surface area is 474 Å². The molecule has 0 unspecified atom stereocenters. The van der Waals surface area contributed by atoms with Crippen molar-refractivity contribution in [3.8, 4) is 11.5 Å². The molecule has 22 nitrogen and oxygen atoms in total. The van der Waals surface area contributed by atoms with E-state index in [1.165, 1.54) is 53.3 Å². The first-order chi connectivity index (χ1) is 39.2. The highest BCUT2D eigenvalue weighted by atomic mass is 16.6. The molecule has 2 aliphatic heterocycles. The number of amides is 8. The van der Waals surface area contributed by atoms with E-state index in [1.54, 1.807) is 71.1 Å². The lowest BCUT2D eigenvalue weighted by molar-refractivity contribution is -0.137. The molecule has 0 bridgehead atoms. The number of hydrogen-bond acceptors (Lipinski definition) is 14. The number of phenols is 1. The van der Waals surface area contributed by atoms with Crippen LogP contribution in [0.3, 0.4) is 0 Å². The number of pyridine rings is 1. The zero-order valence-corrected chi connectivity index (χ0v) is 47.1. The van der Waals surface area contributed by atoms with Crippen LogP contribution in [0.4, 0.5) is 26.7 Å². The Kier molecular flexibility index (Phi) is 18.7. The van der Waals surface area contributed by atoms with Crippen molar-refractivity contribution >= 4 is 81.1 Å². The first kappa shape index (κ1) is 59.0. The number of rotatable bonds is 22. The molecule has 2 aromatic heterocycles. The Bertz CT molecular complexity index is 3410. The Balaban J connectivity index is 0.952. The van der Waals surface area contributed by atoms with Crippen molar-refractivity contribution < 1.29 is 57.7 Å². The maximum Gasteiger partial charge on any atom is 0.415 e. The average Bonchev–Trinajstić information content (AvgIpc) is 4.16. The smallest absolute Gasteiger partial charge is 0.415 e. The molecule has 0 saturated carbocycles. The molecule has 3 atom stereocenters. The van der Waals surface area contributed by atoms with Gasteiger partial charge in [0.1, 0.15) is 35.5 Å². The predicted octanol–water partition coefficient (Wildman–Crippen LogP) is 6.95. The third-order valence-corrected chi connectivity index (χ3v) is 14.4. The lowest BCUT2D eigenvalue weighted by Gasteiger charge is -2.28. The molecule has 82 heavy (non-hydrogen) atoms. The number of fused-ring (bicyclic) bond motifs is 4. The van der Waals surface area contributed by atoms with Gasteiger partial charge in [-0.1, -0.05) is 51.1 Å². The zero-order chi connectivity index (χ0) is 58.9. The van der Waals surface area contributed by atoms with Gasteiger partial charge in [0.15, 0.2) is 0 Å². The van der Waals surface area contributed by atoms with Gasteiger partial charge in [-0.2, -0.15) is 0 Å². The van der Waals surface area contributed by atoms with Gasteiger partial charge in [-0.15, -0.1) is 0 Å². The van der Waals surface area contributed by atoms with Crippen LogP contribution in [0.25, 0.3) is 16.4 Å². The summed E-state index contributed by atoms with van der Waals surface area (Å²) < 4.78 is 19.4. The van der Waals surface area contributed by atoms with Crippen LogP contribution in [0.5, 0.6) is 11.5 Å². The van der Waals surface area contributed by atoms with E-state index in [4.69, 9.17) is 14.2 Å².